The van der Waals surface area contributed by atoms with Crippen molar-refractivity contribution in [2.24, 2.45) is 0 Å². The molecule has 0 aliphatic heterocycles. The number of carbonyl (C=O) groups excluding carboxylic acids is 1. The van der Waals surface area contributed by atoms with Gasteiger partial charge in [-0.1, -0.05) is 12.1 Å². The molecule has 2 aromatic carbocycles. The van der Waals surface area contributed by atoms with Gasteiger partial charge in [-0.25, -0.2) is 0 Å². The zero-order valence-electron chi connectivity index (χ0n) is 11.7. The minimum atomic E-state index is -0.996. The van der Waals surface area contributed by atoms with Gasteiger partial charge in [0.15, 0.2) is 5.78 Å². The first-order chi connectivity index (χ1) is 10.6. The van der Waals surface area contributed by atoms with Gasteiger partial charge in [0.25, 0.3) is 0 Å². The molecule has 2 rings (SSSR count). The Kier molecular flexibility index (Phi) is 4.98. The lowest BCUT2D eigenvalue weighted by molar-refractivity contribution is -0.134. The molecule has 0 spiro atoms. The molecule has 0 saturated heterocycles. The first kappa shape index (κ1) is 15.4. The van der Waals surface area contributed by atoms with Crippen LogP contribution in [0.2, 0.25) is 0 Å². The molecule has 0 fully saturated rings. The van der Waals surface area contributed by atoms with Crippen LogP contribution in [0.1, 0.15) is 10.4 Å². The second-order valence-electron chi connectivity index (χ2n) is 4.62. The second-order valence-corrected chi connectivity index (χ2v) is 4.62. The standard InChI is InChI=1S/C16H16N2O4/c19-12-7-5-11(6-8-12)17-9-15(20)13-3-1-2-4-14(13)18-10-16(21)22/h1-8,17-19H,9-10H2,(H,21,22). The molecule has 0 aliphatic rings. The third kappa shape index (κ3) is 4.24. The molecule has 114 valence electrons. The Morgan fingerprint density at radius 1 is 0.909 bits per heavy atom. The number of hydrogen-bond donors (Lipinski definition) is 4. The average molecular weight is 300 g/mol. The summed E-state index contributed by atoms with van der Waals surface area (Å²) in [5, 5.41) is 23.6. The van der Waals surface area contributed by atoms with Crippen LogP contribution in [0.5, 0.6) is 5.75 Å². The van der Waals surface area contributed by atoms with Gasteiger partial charge in [0.1, 0.15) is 12.3 Å². The maximum Gasteiger partial charge on any atom is 0.322 e. The van der Waals surface area contributed by atoms with Gasteiger partial charge in [-0.3, -0.25) is 9.59 Å². The Morgan fingerprint density at radius 2 is 1.59 bits per heavy atom. The number of aromatic hydroxyl groups is 1. The summed E-state index contributed by atoms with van der Waals surface area (Å²) in [6, 6.07) is 13.1. The van der Waals surface area contributed by atoms with Crippen molar-refractivity contribution in [3.8, 4) is 5.75 Å². The minimum absolute atomic E-state index is 0.0660. The molecule has 0 aromatic heterocycles. The molecule has 0 saturated carbocycles. The van der Waals surface area contributed by atoms with Gasteiger partial charge in [-0.15, -0.1) is 0 Å². The predicted octanol–water partition coefficient (Wildman–Crippen LogP) is 2.18. The summed E-state index contributed by atoms with van der Waals surface area (Å²) in [6.07, 6.45) is 0. The van der Waals surface area contributed by atoms with E-state index in [1.807, 2.05) is 0 Å². The highest BCUT2D eigenvalue weighted by Gasteiger charge is 2.11. The average Bonchev–Trinajstić information content (AvgIpc) is 2.52. The first-order valence-electron chi connectivity index (χ1n) is 6.67. The van der Waals surface area contributed by atoms with Crippen LogP contribution in [0, 0.1) is 0 Å². The molecule has 4 N–H and O–H groups in total. The fraction of sp³-hybridized carbons (Fsp3) is 0.125. The van der Waals surface area contributed by atoms with Crippen molar-refractivity contribution in [1.29, 1.82) is 0 Å². The zero-order valence-corrected chi connectivity index (χ0v) is 11.7. The number of hydrogen-bond acceptors (Lipinski definition) is 5. The van der Waals surface area contributed by atoms with Crippen LogP contribution in [-0.4, -0.2) is 35.1 Å². The molecule has 6 heteroatoms. The number of aliphatic carboxylic acids is 1. The molecular weight excluding hydrogens is 284 g/mol. The number of carbonyl (C=O) groups is 2. The van der Waals surface area contributed by atoms with Crippen LogP contribution < -0.4 is 10.6 Å². The van der Waals surface area contributed by atoms with Crippen LogP contribution >= 0.6 is 0 Å². The number of benzene rings is 2. The molecule has 0 amide bonds. The third-order valence-corrected chi connectivity index (χ3v) is 2.98. The van der Waals surface area contributed by atoms with Crippen LogP contribution in [0.3, 0.4) is 0 Å². The van der Waals surface area contributed by atoms with E-state index < -0.39 is 5.97 Å². The van der Waals surface area contributed by atoms with Crippen molar-refractivity contribution in [2.45, 2.75) is 0 Å². The Balaban J connectivity index is 2.02. The highest BCUT2D eigenvalue weighted by molar-refractivity contribution is 6.03. The number of anilines is 2. The summed E-state index contributed by atoms with van der Waals surface area (Å²) in [7, 11) is 0. The van der Waals surface area contributed by atoms with E-state index in [0.29, 0.717) is 16.9 Å². The van der Waals surface area contributed by atoms with Crippen LogP contribution in [0.15, 0.2) is 48.5 Å². The lowest BCUT2D eigenvalue weighted by Crippen LogP contribution is -2.18. The molecule has 6 nitrogen and oxygen atoms in total. The topological polar surface area (TPSA) is 98.7 Å². The molecule has 0 atom stereocenters. The van der Waals surface area contributed by atoms with Crippen LogP contribution in [0.25, 0.3) is 0 Å². The van der Waals surface area contributed by atoms with Gasteiger partial charge in [-0.2, -0.15) is 0 Å². The molecular formula is C16H16N2O4. The summed E-state index contributed by atoms with van der Waals surface area (Å²) in [4.78, 5) is 22.9. The summed E-state index contributed by atoms with van der Waals surface area (Å²) in [5.74, 6) is -1.01. The Hall–Kier alpha value is -3.02. The molecule has 2 aromatic rings. The number of carboxylic acid groups (broad SMARTS) is 1. The normalized spacial score (nSPS) is 10.0. The number of rotatable bonds is 7. The van der Waals surface area contributed by atoms with Crippen molar-refractivity contribution in [2.75, 3.05) is 23.7 Å². The van der Waals surface area contributed by atoms with Gasteiger partial charge in [0.2, 0.25) is 0 Å². The monoisotopic (exact) mass is 300 g/mol. The number of nitrogens with one attached hydrogen (secondary N) is 2. The van der Waals surface area contributed by atoms with Crippen molar-refractivity contribution >= 4 is 23.1 Å². The van der Waals surface area contributed by atoms with E-state index in [1.54, 1.807) is 36.4 Å². The van der Waals surface area contributed by atoms with E-state index in [4.69, 9.17) is 5.11 Å². The van der Waals surface area contributed by atoms with Crippen molar-refractivity contribution < 1.29 is 19.8 Å². The largest absolute Gasteiger partial charge is 0.508 e. The van der Waals surface area contributed by atoms with Crippen LogP contribution in [0.4, 0.5) is 11.4 Å². The predicted molar refractivity (Wildman–Crippen MR) is 83.5 cm³/mol. The van der Waals surface area contributed by atoms with Gasteiger partial charge in [0, 0.05) is 16.9 Å². The number of ketones is 1. The van der Waals surface area contributed by atoms with Gasteiger partial charge in [-0.05, 0) is 36.4 Å². The highest BCUT2D eigenvalue weighted by Crippen LogP contribution is 2.17. The lowest BCUT2D eigenvalue weighted by Gasteiger charge is -2.11. The maximum absolute atomic E-state index is 12.3. The zero-order chi connectivity index (χ0) is 15.9. The van der Waals surface area contributed by atoms with E-state index in [-0.39, 0.29) is 24.6 Å². The summed E-state index contributed by atoms with van der Waals surface area (Å²) < 4.78 is 0. The maximum atomic E-state index is 12.3. The molecule has 0 radical (unpaired) electrons. The van der Waals surface area contributed by atoms with Crippen molar-refractivity contribution in [3.63, 3.8) is 0 Å². The smallest absolute Gasteiger partial charge is 0.322 e. The SMILES string of the molecule is O=C(O)CNc1ccccc1C(=O)CNc1ccc(O)cc1. The third-order valence-electron chi connectivity index (χ3n) is 2.98. The van der Waals surface area contributed by atoms with E-state index in [9.17, 15) is 14.7 Å². The van der Waals surface area contributed by atoms with Crippen molar-refractivity contribution in [1.82, 2.24) is 0 Å². The fourth-order valence-electron chi connectivity index (χ4n) is 1.91. The number of phenols is 1. The van der Waals surface area contributed by atoms with Crippen LogP contribution in [-0.2, 0) is 4.79 Å². The molecule has 0 unspecified atom stereocenters. The lowest BCUT2D eigenvalue weighted by atomic mass is 10.1. The summed E-state index contributed by atoms with van der Waals surface area (Å²) in [5.41, 5.74) is 1.62. The summed E-state index contributed by atoms with van der Waals surface area (Å²) >= 11 is 0. The van der Waals surface area contributed by atoms with E-state index in [0.717, 1.165) is 0 Å². The molecule has 0 bridgehead atoms. The minimum Gasteiger partial charge on any atom is -0.508 e. The molecule has 22 heavy (non-hydrogen) atoms. The number of carboxylic acids is 1. The number of para-hydroxylation sites is 1. The molecule has 0 aliphatic carbocycles. The quantitative estimate of drug-likeness (QED) is 0.462. The van der Waals surface area contributed by atoms with Gasteiger partial charge in [0.05, 0.1) is 6.54 Å². The number of phenolic OH excluding ortho intramolecular Hbond substituents is 1. The van der Waals surface area contributed by atoms with E-state index >= 15 is 0 Å². The van der Waals surface area contributed by atoms with E-state index in [2.05, 4.69) is 10.6 Å². The first-order valence-corrected chi connectivity index (χ1v) is 6.67. The highest BCUT2D eigenvalue weighted by atomic mass is 16.4. The Labute approximate surface area is 127 Å². The summed E-state index contributed by atoms with van der Waals surface area (Å²) in [6.45, 7) is -0.188. The molecule has 0 heterocycles. The Morgan fingerprint density at radius 3 is 2.27 bits per heavy atom. The fourth-order valence-corrected chi connectivity index (χ4v) is 1.91. The van der Waals surface area contributed by atoms with Gasteiger partial charge >= 0.3 is 5.97 Å². The van der Waals surface area contributed by atoms with Gasteiger partial charge < -0.3 is 20.8 Å². The Bertz CT molecular complexity index is 668. The van der Waals surface area contributed by atoms with E-state index in [1.165, 1.54) is 12.1 Å². The number of Topliss-reactive ketones (excluding diaryl/α,β-unsaturated/α-hetero) is 1. The van der Waals surface area contributed by atoms with Crippen molar-refractivity contribution in [3.05, 3.63) is 54.1 Å². The second kappa shape index (κ2) is 7.12.